The van der Waals surface area contributed by atoms with Crippen LogP contribution < -0.4 is 4.80 Å². The van der Waals surface area contributed by atoms with Gasteiger partial charge in [0, 0.05) is 18.1 Å². The maximum atomic E-state index is 13.4. The van der Waals surface area contributed by atoms with Crippen LogP contribution in [0, 0.1) is 23.0 Å². The summed E-state index contributed by atoms with van der Waals surface area (Å²) < 4.78 is 29.5. The van der Waals surface area contributed by atoms with E-state index in [-0.39, 0.29) is 0 Å². The van der Waals surface area contributed by atoms with E-state index in [9.17, 15) is 13.9 Å². The Hall–Kier alpha value is -1.80. The lowest BCUT2D eigenvalue weighted by Gasteiger charge is -2.33. The minimum atomic E-state index is -0.937. The third kappa shape index (κ3) is 4.53. The van der Waals surface area contributed by atoms with E-state index in [1.807, 2.05) is 22.8 Å². The number of likely N-dealkylation sites (tertiary alicyclic amines) is 1. The number of aromatic nitrogens is 1. The van der Waals surface area contributed by atoms with Crippen molar-refractivity contribution >= 4 is 33.2 Å². The lowest BCUT2D eigenvalue weighted by atomic mass is 9.96. The first kappa shape index (κ1) is 20.5. The number of nitrogens with zero attached hydrogens (tertiary/aromatic N) is 2. The number of hydrogen-bond acceptors (Lipinski definition) is 4. The summed E-state index contributed by atoms with van der Waals surface area (Å²) in [5.74, 6) is -1.39. The Bertz CT molecular complexity index is 1080. The predicted molar refractivity (Wildman–Crippen MR) is 111 cm³/mol. The zero-order valence-electron chi connectivity index (χ0n) is 15.7. The maximum Gasteiger partial charge on any atom is 0.182 e. The van der Waals surface area contributed by atoms with Crippen molar-refractivity contribution in [1.82, 2.24) is 9.47 Å². The van der Waals surface area contributed by atoms with Crippen LogP contribution in [0.15, 0.2) is 36.4 Å². The van der Waals surface area contributed by atoms with Gasteiger partial charge in [-0.3, -0.25) is 5.41 Å². The number of halogens is 3. The Morgan fingerprint density at radius 2 is 1.90 bits per heavy atom. The monoisotopic (exact) mass is 437 g/mol. The number of nitrogens with one attached hydrogen (secondary N) is 1. The lowest BCUT2D eigenvalue weighted by Crippen LogP contribution is -2.38. The van der Waals surface area contributed by atoms with Crippen molar-refractivity contribution < 1.29 is 13.9 Å². The summed E-state index contributed by atoms with van der Waals surface area (Å²) in [6.45, 7) is 2.84. The van der Waals surface area contributed by atoms with Crippen molar-refractivity contribution in [2.45, 2.75) is 25.5 Å². The average Bonchev–Trinajstić information content (AvgIpc) is 2.99. The molecular weight excluding hydrogens is 416 g/mol. The molecule has 2 N–H and O–H groups in total. The molecule has 4 rings (SSSR count). The number of rotatable bonds is 5. The molecule has 0 saturated carbocycles. The van der Waals surface area contributed by atoms with Gasteiger partial charge in [0.05, 0.1) is 16.3 Å². The second-order valence-corrected chi connectivity index (χ2v) is 9.03. The lowest BCUT2D eigenvalue weighted by molar-refractivity contribution is 0.0864. The summed E-state index contributed by atoms with van der Waals surface area (Å²) in [5.41, 5.74) is 1.43. The van der Waals surface area contributed by atoms with Gasteiger partial charge < -0.3 is 14.6 Å². The molecule has 29 heavy (non-hydrogen) atoms. The number of thiazole rings is 1. The molecule has 4 nitrogen and oxygen atoms in total. The average molecular weight is 438 g/mol. The standard InChI is InChI=1S/C21H22ClF2N3OS/c22-15-2-4-18-20(10-15)29-21(25)27(18)11-13-5-7-26(8-6-13)12-19(28)14-1-3-16(23)17(24)9-14/h1-4,9-10,13,19,25,28H,5-8,11-12H2/t19-/m1/s1. The van der Waals surface area contributed by atoms with Crippen molar-refractivity contribution in [2.24, 2.45) is 5.92 Å². The van der Waals surface area contributed by atoms with Gasteiger partial charge in [-0.1, -0.05) is 29.0 Å². The molecule has 1 saturated heterocycles. The van der Waals surface area contributed by atoms with E-state index in [1.54, 1.807) is 0 Å². The van der Waals surface area contributed by atoms with Crippen LogP contribution in [0.4, 0.5) is 8.78 Å². The van der Waals surface area contributed by atoms with Crippen LogP contribution in [0.3, 0.4) is 0 Å². The first-order chi connectivity index (χ1) is 13.9. The number of piperidine rings is 1. The van der Waals surface area contributed by atoms with Gasteiger partial charge in [0.1, 0.15) is 0 Å². The highest BCUT2D eigenvalue weighted by molar-refractivity contribution is 7.16. The summed E-state index contributed by atoms with van der Waals surface area (Å²) in [6, 6.07) is 9.27. The Balaban J connectivity index is 1.36. The minimum absolute atomic E-state index is 0.392. The van der Waals surface area contributed by atoms with E-state index in [1.165, 1.54) is 17.4 Å². The zero-order valence-corrected chi connectivity index (χ0v) is 17.3. The van der Waals surface area contributed by atoms with Crippen molar-refractivity contribution in [3.63, 3.8) is 0 Å². The van der Waals surface area contributed by atoms with Crippen LogP contribution >= 0.6 is 22.9 Å². The number of aliphatic hydroxyl groups excluding tert-OH is 1. The molecule has 0 spiro atoms. The third-order valence-corrected chi connectivity index (χ3v) is 6.77. The maximum absolute atomic E-state index is 13.4. The summed E-state index contributed by atoms with van der Waals surface area (Å²) >= 11 is 7.50. The first-order valence-electron chi connectivity index (χ1n) is 9.59. The fourth-order valence-corrected chi connectivity index (χ4v) is 5.12. The van der Waals surface area contributed by atoms with Crippen LogP contribution in [0.5, 0.6) is 0 Å². The largest absolute Gasteiger partial charge is 0.387 e. The van der Waals surface area contributed by atoms with Gasteiger partial charge in [-0.2, -0.15) is 0 Å². The summed E-state index contributed by atoms with van der Waals surface area (Å²) in [7, 11) is 0. The van der Waals surface area contributed by atoms with Gasteiger partial charge in [-0.25, -0.2) is 8.78 Å². The normalized spacial score (nSPS) is 17.1. The Kier molecular flexibility index (Phi) is 6.01. The topological polar surface area (TPSA) is 52.2 Å². The molecule has 0 aliphatic carbocycles. The predicted octanol–water partition coefficient (Wildman–Crippen LogP) is 4.56. The number of benzene rings is 2. The molecule has 0 amide bonds. The van der Waals surface area contributed by atoms with Gasteiger partial charge in [-0.15, -0.1) is 0 Å². The number of β-amino-alcohol motifs (C(OH)–C–C–N with tert-alkyl or cyclic N) is 1. The van der Waals surface area contributed by atoms with Gasteiger partial charge in [0.25, 0.3) is 0 Å². The Labute approximate surface area is 176 Å². The molecule has 1 atom stereocenters. The van der Waals surface area contributed by atoms with E-state index in [4.69, 9.17) is 17.0 Å². The van der Waals surface area contributed by atoms with Crippen molar-refractivity contribution in [1.29, 1.82) is 5.41 Å². The first-order valence-corrected chi connectivity index (χ1v) is 10.8. The fraction of sp³-hybridized carbons (Fsp3) is 0.381. The second kappa shape index (κ2) is 8.52. The SMILES string of the molecule is N=c1sc2cc(Cl)ccc2n1CC1CCN(C[C@@H](O)c2ccc(F)c(F)c2)CC1. The molecule has 154 valence electrons. The molecule has 0 radical (unpaired) electrons. The summed E-state index contributed by atoms with van der Waals surface area (Å²) in [6.07, 6.45) is 1.07. The van der Waals surface area contributed by atoms with Crippen LogP contribution in [-0.4, -0.2) is 34.2 Å². The van der Waals surface area contributed by atoms with Gasteiger partial charge >= 0.3 is 0 Å². The third-order valence-electron chi connectivity index (χ3n) is 5.57. The number of fused-ring (bicyclic) bond motifs is 1. The fourth-order valence-electron chi connectivity index (χ4n) is 3.92. The minimum Gasteiger partial charge on any atom is -0.387 e. The molecule has 0 bridgehead atoms. The van der Waals surface area contributed by atoms with E-state index in [0.717, 1.165) is 54.8 Å². The zero-order chi connectivity index (χ0) is 20.5. The highest BCUT2D eigenvalue weighted by atomic mass is 35.5. The summed E-state index contributed by atoms with van der Waals surface area (Å²) in [4.78, 5) is 2.68. The molecule has 1 fully saturated rings. The van der Waals surface area contributed by atoms with Crippen LogP contribution in [0.1, 0.15) is 24.5 Å². The van der Waals surface area contributed by atoms with Gasteiger partial charge in [0.2, 0.25) is 0 Å². The van der Waals surface area contributed by atoms with E-state index in [2.05, 4.69) is 4.90 Å². The van der Waals surface area contributed by atoms with Crippen molar-refractivity contribution in [2.75, 3.05) is 19.6 Å². The van der Waals surface area contributed by atoms with Crippen LogP contribution in [0.2, 0.25) is 5.02 Å². The molecule has 0 unspecified atom stereocenters. The van der Waals surface area contributed by atoms with E-state index < -0.39 is 17.7 Å². The molecule has 1 aliphatic heterocycles. The van der Waals surface area contributed by atoms with Gasteiger partial charge in [-0.05, 0) is 67.7 Å². The molecule has 1 aromatic heterocycles. The number of aliphatic hydroxyl groups is 1. The number of hydrogen-bond donors (Lipinski definition) is 2. The molecule has 2 aromatic carbocycles. The Morgan fingerprint density at radius 3 is 2.62 bits per heavy atom. The Morgan fingerprint density at radius 1 is 1.14 bits per heavy atom. The molecule has 8 heteroatoms. The quantitative estimate of drug-likeness (QED) is 0.614. The highest BCUT2D eigenvalue weighted by Gasteiger charge is 2.23. The van der Waals surface area contributed by atoms with Gasteiger partial charge in [0.15, 0.2) is 16.4 Å². The molecule has 2 heterocycles. The smallest absolute Gasteiger partial charge is 0.182 e. The van der Waals surface area contributed by atoms with Crippen LogP contribution in [0.25, 0.3) is 10.2 Å². The van der Waals surface area contributed by atoms with Crippen molar-refractivity contribution in [3.8, 4) is 0 Å². The van der Waals surface area contributed by atoms with Crippen molar-refractivity contribution in [3.05, 3.63) is 63.4 Å². The van der Waals surface area contributed by atoms with Crippen LogP contribution in [-0.2, 0) is 6.54 Å². The van der Waals surface area contributed by atoms with E-state index >= 15 is 0 Å². The second-order valence-electron chi connectivity index (χ2n) is 7.56. The highest BCUT2D eigenvalue weighted by Crippen LogP contribution is 2.26. The molecular formula is C21H22ClF2N3OS. The molecule has 1 aliphatic rings. The summed E-state index contributed by atoms with van der Waals surface area (Å²) in [5, 5.41) is 19.3. The molecule has 3 aromatic rings. The van der Waals surface area contributed by atoms with E-state index in [0.29, 0.717) is 27.9 Å².